The van der Waals surface area contributed by atoms with Crippen LogP contribution >= 0.6 is 23.2 Å². The number of halogens is 2. The molecular weight excluding hydrogens is 283 g/mol. The SMILES string of the molecule is COc1ccccc1-c1nc(Cl)nc(Cl)c1C(C)C. The highest BCUT2D eigenvalue weighted by atomic mass is 35.5. The quantitative estimate of drug-likeness (QED) is 0.614. The molecule has 0 N–H and O–H groups in total. The molecule has 1 aromatic heterocycles. The fourth-order valence-electron chi connectivity index (χ4n) is 1.97. The molecule has 0 radical (unpaired) electrons. The summed E-state index contributed by atoms with van der Waals surface area (Å²) in [7, 11) is 1.62. The van der Waals surface area contributed by atoms with Gasteiger partial charge in [0.15, 0.2) is 0 Å². The lowest BCUT2D eigenvalue weighted by Gasteiger charge is -2.15. The zero-order valence-electron chi connectivity index (χ0n) is 10.9. The summed E-state index contributed by atoms with van der Waals surface area (Å²) in [5.41, 5.74) is 2.45. The Bertz CT molecular complexity index is 600. The summed E-state index contributed by atoms with van der Waals surface area (Å²) in [6, 6.07) is 7.64. The normalized spacial score (nSPS) is 10.8. The number of aromatic nitrogens is 2. The molecule has 0 aliphatic heterocycles. The molecule has 3 nitrogen and oxygen atoms in total. The zero-order chi connectivity index (χ0) is 14.0. The highest BCUT2D eigenvalue weighted by Gasteiger charge is 2.19. The van der Waals surface area contributed by atoms with Crippen LogP contribution in [0.1, 0.15) is 25.3 Å². The fourth-order valence-corrected chi connectivity index (χ4v) is 2.57. The van der Waals surface area contributed by atoms with E-state index in [4.69, 9.17) is 27.9 Å². The maximum absolute atomic E-state index is 6.20. The number of benzene rings is 1. The van der Waals surface area contributed by atoms with Gasteiger partial charge in [-0.3, -0.25) is 0 Å². The van der Waals surface area contributed by atoms with Crippen molar-refractivity contribution in [2.45, 2.75) is 19.8 Å². The van der Waals surface area contributed by atoms with Crippen LogP contribution in [0.2, 0.25) is 10.4 Å². The minimum atomic E-state index is 0.135. The molecule has 1 heterocycles. The van der Waals surface area contributed by atoms with Gasteiger partial charge in [-0.2, -0.15) is 0 Å². The van der Waals surface area contributed by atoms with Crippen LogP contribution in [0.4, 0.5) is 0 Å². The van der Waals surface area contributed by atoms with Gasteiger partial charge in [-0.15, -0.1) is 0 Å². The van der Waals surface area contributed by atoms with Gasteiger partial charge in [0.05, 0.1) is 12.8 Å². The van der Waals surface area contributed by atoms with Crippen molar-refractivity contribution in [3.63, 3.8) is 0 Å². The molecular formula is C14H14Cl2N2O. The van der Waals surface area contributed by atoms with Crippen molar-refractivity contribution >= 4 is 23.2 Å². The summed E-state index contributed by atoms with van der Waals surface area (Å²) in [5.74, 6) is 0.917. The lowest BCUT2D eigenvalue weighted by molar-refractivity contribution is 0.416. The van der Waals surface area contributed by atoms with Crippen LogP contribution in [0, 0.1) is 0 Å². The molecule has 0 aliphatic rings. The predicted octanol–water partition coefficient (Wildman–Crippen LogP) is 4.58. The van der Waals surface area contributed by atoms with Crippen molar-refractivity contribution in [1.29, 1.82) is 0 Å². The van der Waals surface area contributed by atoms with Gasteiger partial charge in [-0.1, -0.05) is 37.6 Å². The molecule has 2 aromatic rings. The number of para-hydroxylation sites is 1. The molecule has 0 amide bonds. The number of methoxy groups -OCH3 is 1. The van der Waals surface area contributed by atoms with Crippen molar-refractivity contribution in [2.75, 3.05) is 7.11 Å². The van der Waals surface area contributed by atoms with Crippen LogP contribution < -0.4 is 4.74 Å². The molecule has 0 atom stereocenters. The zero-order valence-corrected chi connectivity index (χ0v) is 12.5. The molecule has 0 spiro atoms. The van der Waals surface area contributed by atoms with Crippen molar-refractivity contribution in [1.82, 2.24) is 9.97 Å². The number of ether oxygens (including phenoxy) is 1. The molecule has 0 saturated carbocycles. The molecule has 0 aliphatic carbocycles. The van der Waals surface area contributed by atoms with Crippen LogP contribution in [0.15, 0.2) is 24.3 Å². The van der Waals surface area contributed by atoms with E-state index in [-0.39, 0.29) is 11.2 Å². The summed E-state index contributed by atoms with van der Waals surface area (Å²) in [4.78, 5) is 8.34. The van der Waals surface area contributed by atoms with E-state index in [1.54, 1.807) is 7.11 Å². The molecule has 19 heavy (non-hydrogen) atoms. The Morgan fingerprint density at radius 3 is 2.42 bits per heavy atom. The molecule has 1 aromatic carbocycles. The van der Waals surface area contributed by atoms with Gasteiger partial charge in [0.25, 0.3) is 0 Å². The lowest BCUT2D eigenvalue weighted by atomic mass is 9.98. The number of hydrogen-bond acceptors (Lipinski definition) is 3. The van der Waals surface area contributed by atoms with E-state index in [1.165, 1.54) is 0 Å². The predicted molar refractivity (Wildman–Crippen MR) is 78.1 cm³/mol. The van der Waals surface area contributed by atoms with Crippen LogP contribution in [0.3, 0.4) is 0 Å². The first-order valence-electron chi connectivity index (χ1n) is 5.91. The first kappa shape index (κ1) is 14.1. The standard InChI is InChI=1S/C14H14Cl2N2O/c1-8(2)11-12(17-14(16)18-13(11)15)9-6-4-5-7-10(9)19-3/h4-8H,1-3H3. The Morgan fingerprint density at radius 2 is 1.79 bits per heavy atom. The third-order valence-electron chi connectivity index (χ3n) is 2.81. The molecule has 5 heteroatoms. The second kappa shape index (κ2) is 5.76. The third-order valence-corrected chi connectivity index (χ3v) is 3.27. The van der Waals surface area contributed by atoms with Crippen LogP contribution in [-0.2, 0) is 0 Å². The molecule has 0 unspecified atom stereocenters. The van der Waals surface area contributed by atoms with Crippen LogP contribution in [-0.4, -0.2) is 17.1 Å². The second-order valence-electron chi connectivity index (χ2n) is 4.40. The van der Waals surface area contributed by atoms with Crippen LogP contribution in [0.5, 0.6) is 5.75 Å². The van der Waals surface area contributed by atoms with Gasteiger partial charge in [0.1, 0.15) is 10.9 Å². The highest BCUT2D eigenvalue weighted by Crippen LogP contribution is 2.37. The summed E-state index contributed by atoms with van der Waals surface area (Å²) in [6.07, 6.45) is 0. The molecule has 2 rings (SSSR count). The number of rotatable bonds is 3. The minimum Gasteiger partial charge on any atom is -0.496 e. The molecule has 0 bridgehead atoms. The lowest BCUT2D eigenvalue weighted by Crippen LogP contribution is -2.01. The number of nitrogens with zero attached hydrogens (tertiary/aromatic N) is 2. The van der Waals surface area contributed by atoms with Crippen LogP contribution in [0.25, 0.3) is 11.3 Å². The largest absolute Gasteiger partial charge is 0.496 e. The van der Waals surface area contributed by atoms with Gasteiger partial charge in [-0.25, -0.2) is 9.97 Å². The fraction of sp³-hybridized carbons (Fsp3) is 0.286. The second-order valence-corrected chi connectivity index (χ2v) is 5.10. The van der Waals surface area contributed by atoms with E-state index in [9.17, 15) is 0 Å². The summed E-state index contributed by atoms with van der Waals surface area (Å²) >= 11 is 12.1. The first-order chi connectivity index (χ1) is 9.04. The molecule has 100 valence electrons. The number of hydrogen-bond donors (Lipinski definition) is 0. The van der Waals surface area contributed by atoms with Crippen molar-refractivity contribution < 1.29 is 4.74 Å². The summed E-state index contributed by atoms with van der Waals surface area (Å²) in [6.45, 7) is 4.08. The topological polar surface area (TPSA) is 35.0 Å². The van der Waals surface area contributed by atoms with E-state index < -0.39 is 0 Å². The third kappa shape index (κ3) is 2.82. The van der Waals surface area contributed by atoms with Gasteiger partial charge in [0, 0.05) is 11.1 Å². The summed E-state index contributed by atoms with van der Waals surface area (Å²) in [5, 5.41) is 0.520. The molecule has 0 fully saturated rings. The Balaban J connectivity index is 2.74. The van der Waals surface area contributed by atoms with E-state index >= 15 is 0 Å². The smallest absolute Gasteiger partial charge is 0.224 e. The van der Waals surface area contributed by atoms with E-state index in [1.807, 2.05) is 38.1 Å². The Labute approximate surface area is 122 Å². The van der Waals surface area contributed by atoms with Crippen molar-refractivity contribution in [2.24, 2.45) is 0 Å². The van der Waals surface area contributed by atoms with Crippen molar-refractivity contribution in [3.05, 3.63) is 40.3 Å². The first-order valence-corrected chi connectivity index (χ1v) is 6.66. The van der Waals surface area contributed by atoms with E-state index in [0.717, 1.165) is 22.6 Å². The Hall–Kier alpha value is -1.32. The van der Waals surface area contributed by atoms with Gasteiger partial charge >= 0.3 is 0 Å². The average molecular weight is 297 g/mol. The van der Waals surface area contributed by atoms with E-state index in [0.29, 0.717) is 5.15 Å². The maximum atomic E-state index is 6.20. The highest BCUT2D eigenvalue weighted by molar-refractivity contribution is 6.32. The monoisotopic (exact) mass is 296 g/mol. The average Bonchev–Trinajstić information content (AvgIpc) is 2.37. The van der Waals surface area contributed by atoms with Crippen molar-refractivity contribution in [3.8, 4) is 17.0 Å². The molecule has 0 saturated heterocycles. The Morgan fingerprint density at radius 1 is 1.11 bits per heavy atom. The van der Waals surface area contributed by atoms with E-state index in [2.05, 4.69) is 9.97 Å². The summed E-state index contributed by atoms with van der Waals surface area (Å²) < 4.78 is 5.37. The maximum Gasteiger partial charge on any atom is 0.224 e. The Kier molecular flexibility index (Phi) is 4.27. The minimum absolute atomic E-state index is 0.135. The van der Waals surface area contributed by atoms with Gasteiger partial charge in [0.2, 0.25) is 5.28 Å². The van der Waals surface area contributed by atoms with Gasteiger partial charge < -0.3 is 4.74 Å². The van der Waals surface area contributed by atoms with Gasteiger partial charge in [-0.05, 0) is 29.7 Å².